The van der Waals surface area contributed by atoms with E-state index in [9.17, 15) is 18.0 Å². The van der Waals surface area contributed by atoms with Crippen molar-refractivity contribution in [3.05, 3.63) is 63.5 Å². The van der Waals surface area contributed by atoms with Crippen LogP contribution in [0.4, 0.5) is 0 Å². The highest BCUT2D eigenvalue weighted by Crippen LogP contribution is 2.32. The minimum absolute atomic E-state index is 0.0117. The summed E-state index contributed by atoms with van der Waals surface area (Å²) < 4.78 is 29.3. The number of hydrogen-bond donors (Lipinski definition) is 3. The van der Waals surface area contributed by atoms with Gasteiger partial charge in [-0.05, 0) is 72.7 Å². The second-order valence-electron chi connectivity index (χ2n) is 10.4. The van der Waals surface area contributed by atoms with Crippen molar-refractivity contribution in [2.75, 3.05) is 13.1 Å². The Morgan fingerprint density at radius 1 is 1.03 bits per heavy atom. The van der Waals surface area contributed by atoms with E-state index in [0.717, 1.165) is 29.3 Å². The number of carbonyl (C=O) groups is 2. The molecule has 1 fully saturated rings. The van der Waals surface area contributed by atoms with E-state index in [2.05, 4.69) is 15.4 Å². The number of hydrogen-bond acceptors (Lipinski definition) is 5. The Morgan fingerprint density at radius 2 is 1.74 bits per heavy atom. The third-order valence-corrected chi connectivity index (χ3v) is 10.3. The van der Waals surface area contributed by atoms with Gasteiger partial charge >= 0.3 is 0 Å². The van der Waals surface area contributed by atoms with Gasteiger partial charge in [0, 0.05) is 22.8 Å². The van der Waals surface area contributed by atoms with Crippen LogP contribution in [0.2, 0.25) is 10.0 Å². The average molecular weight is 611 g/mol. The average Bonchev–Trinajstić information content (AvgIpc) is 3.52. The summed E-state index contributed by atoms with van der Waals surface area (Å²) in [6.45, 7) is 4.69. The van der Waals surface area contributed by atoms with Crippen LogP contribution < -0.4 is 15.4 Å². The standard InChI is InChI=1S/C28H33Cl2N3O4S2/c1-17(2)12-23(33-28(35)25-13-18-6-3-4-9-24(18)38-25)27(34)31-15-19-7-5-8-20(19)16-32-39(36,37)26-11-10-21(29)14-22(26)30/h3-4,6,9-11,13-14,17,19-20,23,32H,5,7-8,12,15-16H2,1-2H3,(H,31,34)(H,33,35)/t19-,20-,23-/m0/s1. The summed E-state index contributed by atoms with van der Waals surface area (Å²) in [6, 6.07) is 13.3. The molecule has 1 aromatic heterocycles. The van der Waals surface area contributed by atoms with Gasteiger partial charge in [-0.15, -0.1) is 11.3 Å². The van der Waals surface area contributed by atoms with E-state index < -0.39 is 16.1 Å². The molecule has 3 aromatic rings. The zero-order chi connectivity index (χ0) is 28.2. The predicted molar refractivity (Wildman–Crippen MR) is 158 cm³/mol. The van der Waals surface area contributed by atoms with Crippen molar-refractivity contribution in [2.45, 2.75) is 50.5 Å². The first kappa shape index (κ1) is 29.8. The second kappa shape index (κ2) is 13.0. The second-order valence-corrected chi connectivity index (χ2v) is 14.1. The van der Waals surface area contributed by atoms with E-state index in [1.165, 1.54) is 29.5 Å². The van der Waals surface area contributed by atoms with Crippen LogP contribution in [0.25, 0.3) is 10.1 Å². The molecular formula is C28H33Cl2N3O4S2. The van der Waals surface area contributed by atoms with E-state index >= 15 is 0 Å². The summed E-state index contributed by atoms with van der Waals surface area (Å²) in [4.78, 5) is 26.7. The number of thiophene rings is 1. The first-order valence-electron chi connectivity index (χ1n) is 13.1. The lowest BCUT2D eigenvalue weighted by Crippen LogP contribution is -2.48. The van der Waals surface area contributed by atoms with Crippen molar-refractivity contribution in [1.82, 2.24) is 15.4 Å². The smallest absolute Gasteiger partial charge is 0.262 e. The molecule has 7 nitrogen and oxygen atoms in total. The normalized spacial score (nSPS) is 18.4. The Labute approximate surface area is 243 Å². The van der Waals surface area contributed by atoms with Gasteiger partial charge in [0.1, 0.15) is 10.9 Å². The molecular weight excluding hydrogens is 577 g/mol. The summed E-state index contributed by atoms with van der Waals surface area (Å²) in [6.07, 6.45) is 3.21. The number of carbonyl (C=O) groups excluding carboxylic acids is 2. The van der Waals surface area contributed by atoms with E-state index in [4.69, 9.17) is 23.2 Å². The quantitative estimate of drug-likeness (QED) is 0.253. The summed E-state index contributed by atoms with van der Waals surface area (Å²) in [5.41, 5.74) is 0. The highest BCUT2D eigenvalue weighted by atomic mass is 35.5. The minimum atomic E-state index is -3.80. The molecule has 3 N–H and O–H groups in total. The molecule has 0 saturated heterocycles. The Balaban J connectivity index is 1.34. The lowest BCUT2D eigenvalue weighted by molar-refractivity contribution is -0.123. The molecule has 0 bridgehead atoms. The molecule has 0 radical (unpaired) electrons. The zero-order valence-corrected chi connectivity index (χ0v) is 25.0. The Kier molecular flexibility index (Phi) is 9.93. The van der Waals surface area contributed by atoms with E-state index in [-0.39, 0.29) is 46.0 Å². The largest absolute Gasteiger partial charge is 0.354 e. The van der Waals surface area contributed by atoms with Gasteiger partial charge in [0.2, 0.25) is 15.9 Å². The predicted octanol–water partition coefficient (Wildman–Crippen LogP) is 5.86. The van der Waals surface area contributed by atoms with Crippen LogP contribution in [-0.4, -0.2) is 39.4 Å². The molecule has 1 aliphatic rings. The number of rotatable bonds is 11. The monoisotopic (exact) mass is 609 g/mol. The molecule has 11 heteroatoms. The lowest BCUT2D eigenvalue weighted by Gasteiger charge is -2.24. The zero-order valence-electron chi connectivity index (χ0n) is 21.9. The van der Waals surface area contributed by atoms with Gasteiger partial charge in [-0.1, -0.05) is 61.7 Å². The Morgan fingerprint density at radius 3 is 2.44 bits per heavy atom. The SMILES string of the molecule is CC(C)C[C@H](NC(=O)c1cc2ccccc2s1)C(=O)NC[C@@H]1CCC[C@H]1CNS(=O)(=O)c1ccc(Cl)cc1Cl. The van der Waals surface area contributed by atoms with Gasteiger partial charge < -0.3 is 10.6 Å². The van der Waals surface area contributed by atoms with Gasteiger partial charge in [-0.3, -0.25) is 9.59 Å². The molecule has 2 aromatic carbocycles. The number of amides is 2. The van der Waals surface area contributed by atoms with E-state index in [1.807, 2.05) is 44.2 Å². The van der Waals surface area contributed by atoms with Gasteiger partial charge in [0.25, 0.3) is 5.91 Å². The number of sulfonamides is 1. The van der Waals surface area contributed by atoms with Crippen molar-refractivity contribution < 1.29 is 18.0 Å². The molecule has 39 heavy (non-hydrogen) atoms. The summed E-state index contributed by atoms with van der Waals surface area (Å²) >= 11 is 13.4. The minimum Gasteiger partial charge on any atom is -0.354 e. The molecule has 0 aliphatic heterocycles. The number of fused-ring (bicyclic) bond motifs is 1. The highest BCUT2D eigenvalue weighted by molar-refractivity contribution is 7.89. The lowest BCUT2D eigenvalue weighted by atomic mass is 9.96. The van der Waals surface area contributed by atoms with Crippen molar-refractivity contribution in [1.29, 1.82) is 0 Å². The molecule has 4 rings (SSSR count). The van der Waals surface area contributed by atoms with Crippen LogP contribution in [0.5, 0.6) is 0 Å². The van der Waals surface area contributed by atoms with Crippen LogP contribution in [-0.2, 0) is 14.8 Å². The summed E-state index contributed by atoms with van der Waals surface area (Å²) in [5.74, 6) is -0.0849. The maximum atomic E-state index is 13.2. The van der Waals surface area contributed by atoms with Crippen LogP contribution in [0, 0.1) is 17.8 Å². The fourth-order valence-corrected chi connectivity index (χ4v) is 7.85. The van der Waals surface area contributed by atoms with Crippen LogP contribution >= 0.6 is 34.5 Å². The third kappa shape index (κ3) is 7.73. The van der Waals surface area contributed by atoms with Crippen molar-refractivity contribution in [2.24, 2.45) is 17.8 Å². The van der Waals surface area contributed by atoms with E-state index in [0.29, 0.717) is 22.9 Å². The number of halogens is 2. The maximum Gasteiger partial charge on any atom is 0.262 e. The van der Waals surface area contributed by atoms with Crippen LogP contribution in [0.15, 0.2) is 53.4 Å². The van der Waals surface area contributed by atoms with Gasteiger partial charge in [0.05, 0.1) is 9.90 Å². The van der Waals surface area contributed by atoms with Gasteiger partial charge in [-0.25, -0.2) is 13.1 Å². The van der Waals surface area contributed by atoms with Crippen LogP contribution in [0.3, 0.4) is 0 Å². The molecule has 2 amide bonds. The van der Waals surface area contributed by atoms with Crippen molar-refractivity contribution in [3.63, 3.8) is 0 Å². The first-order chi connectivity index (χ1) is 18.5. The number of benzene rings is 2. The van der Waals surface area contributed by atoms with Crippen LogP contribution in [0.1, 0.15) is 49.2 Å². The highest BCUT2D eigenvalue weighted by Gasteiger charge is 2.31. The molecule has 0 unspecified atom stereocenters. The fourth-order valence-electron chi connectivity index (χ4n) is 5.02. The Bertz CT molecular complexity index is 1410. The molecule has 1 saturated carbocycles. The fraction of sp³-hybridized carbons (Fsp3) is 0.429. The van der Waals surface area contributed by atoms with Crippen molar-refractivity contribution in [3.8, 4) is 0 Å². The first-order valence-corrected chi connectivity index (χ1v) is 16.1. The maximum absolute atomic E-state index is 13.2. The topological polar surface area (TPSA) is 104 Å². The Hall–Kier alpha value is -2.17. The molecule has 1 aliphatic carbocycles. The summed E-state index contributed by atoms with van der Waals surface area (Å²) in [5, 5.41) is 7.38. The molecule has 0 spiro atoms. The molecule has 1 heterocycles. The van der Waals surface area contributed by atoms with Crippen molar-refractivity contribution >= 4 is 66.5 Å². The molecule has 3 atom stereocenters. The van der Waals surface area contributed by atoms with Gasteiger partial charge in [0.15, 0.2) is 0 Å². The van der Waals surface area contributed by atoms with Gasteiger partial charge in [-0.2, -0.15) is 0 Å². The third-order valence-electron chi connectivity index (χ3n) is 7.05. The summed E-state index contributed by atoms with van der Waals surface area (Å²) in [7, 11) is -3.80. The van der Waals surface area contributed by atoms with E-state index in [1.54, 1.807) is 0 Å². The number of nitrogens with one attached hydrogen (secondary N) is 3. The molecule has 210 valence electrons.